The Kier molecular flexibility index (Phi) is 4.81. The summed E-state index contributed by atoms with van der Waals surface area (Å²) in [5.41, 5.74) is 8.10. The molecule has 0 aliphatic carbocycles. The lowest BCUT2D eigenvalue weighted by atomic mass is 10.0. The highest BCUT2D eigenvalue weighted by Crippen LogP contribution is 2.28. The van der Waals surface area contributed by atoms with E-state index in [1.807, 2.05) is 31.2 Å². The molecule has 0 aliphatic heterocycles. The number of ether oxygens (including phenoxy) is 2. The molecule has 21 heavy (non-hydrogen) atoms. The second-order valence-corrected chi connectivity index (χ2v) is 5.06. The summed E-state index contributed by atoms with van der Waals surface area (Å²) in [6.45, 7) is 3.92. The molecule has 0 bridgehead atoms. The molecular formula is C17H20FNO2. The van der Waals surface area contributed by atoms with Crippen LogP contribution in [0.25, 0.3) is 0 Å². The van der Waals surface area contributed by atoms with Crippen molar-refractivity contribution in [2.75, 3.05) is 7.11 Å². The Bertz CT molecular complexity index is 609. The van der Waals surface area contributed by atoms with Crippen molar-refractivity contribution in [3.63, 3.8) is 0 Å². The van der Waals surface area contributed by atoms with Gasteiger partial charge in [0, 0.05) is 11.6 Å². The van der Waals surface area contributed by atoms with Crippen LogP contribution in [0.15, 0.2) is 36.4 Å². The lowest BCUT2D eigenvalue weighted by molar-refractivity contribution is 0.300. The predicted octanol–water partition coefficient (Wildman–Crippen LogP) is 3.74. The van der Waals surface area contributed by atoms with Crippen molar-refractivity contribution in [2.45, 2.75) is 26.5 Å². The minimum Gasteiger partial charge on any atom is -0.497 e. The maximum atomic E-state index is 13.6. The first kappa shape index (κ1) is 15.3. The molecule has 0 saturated heterocycles. The summed E-state index contributed by atoms with van der Waals surface area (Å²) in [6.07, 6.45) is 0. The van der Waals surface area contributed by atoms with Crippen molar-refractivity contribution >= 4 is 0 Å². The molecule has 0 fully saturated rings. The van der Waals surface area contributed by atoms with E-state index in [1.54, 1.807) is 20.1 Å². The van der Waals surface area contributed by atoms with E-state index in [-0.39, 0.29) is 11.9 Å². The van der Waals surface area contributed by atoms with Crippen LogP contribution in [0, 0.1) is 12.7 Å². The van der Waals surface area contributed by atoms with Crippen molar-refractivity contribution in [1.29, 1.82) is 0 Å². The summed E-state index contributed by atoms with van der Waals surface area (Å²) in [7, 11) is 1.63. The number of hydrogen-bond acceptors (Lipinski definition) is 3. The van der Waals surface area contributed by atoms with Crippen LogP contribution in [-0.2, 0) is 6.61 Å². The fourth-order valence-electron chi connectivity index (χ4n) is 2.03. The highest BCUT2D eigenvalue weighted by molar-refractivity contribution is 5.40. The molecule has 0 spiro atoms. The molecule has 3 nitrogen and oxygen atoms in total. The lowest BCUT2D eigenvalue weighted by Gasteiger charge is -2.15. The second kappa shape index (κ2) is 6.59. The summed E-state index contributed by atoms with van der Waals surface area (Å²) >= 11 is 0. The van der Waals surface area contributed by atoms with E-state index in [2.05, 4.69) is 0 Å². The van der Waals surface area contributed by atoms with Crippen LogP contribution >= 0.6 is 0 Å². The average molecular weight is 289 g/mol. The van der Waals surface area contributed by atoms with E-state index >= 15 is 0 Å². The standard InChI is InChI=1S/C17H20FNO2/c1-11-8-17(15(12(2)19)9-16(11)18)21-10-13-4-6-14(20-3)7-5-13/h4-9,12H,10,19H2,1-3H3/t12-/m1/s1. The van der Waals surface area contributed by atoms with Gasteiger partial charge in [0.2, 0.25) is 0 Å². The molecule has 0 aliphatic rings. The third-order valence-corrected chi connectivity index (χ3v) is 3.34. The van der Waals surface area contributed by atoms with Crippen molar-refractivity contribution < 1.29 is 13.9 Å². The molecule has 0 unspecified atom stereocenters. The first-order valence-electron chi connectivity index (χ1n) is 6.82. The van der Waals surface area contributed by atoms with Gasteiger partial charge in [0.1, 0.15) is 23.9 Å². The van der Waals surface area contributed by atoms with Gasteiger partial charge < -0.3 is 15.2 Å². The fourth-order valence-corrected chi connectivity index (χ4v) is 2.03. The number of methoxy groups -OCH3 is 1. The summed E-state index contributed by atoms with van der Waals surface area (Å²) in [6, 6.07) is 10.5. The monoisotopic (exact) mass is 289 g/mol. The van der Waals surface area contributed by atoms with Crippen molar-refractivity contribution in [2.24, 2.45) is 5.73 Å². The SMILES string of the molecule is COc1ccc(COc2cc(C)c(F)cc2[C@@H](C)N)cc1. The van der Waals surface area contributed by atoms with Gasteiger partial charge in [0.05, 0.1) is 7.11 Å². The Morgan fingerprint density at radius 2 is 1.86 bits per heavy atom. The smallest absolute Gasteiger partial charge is 0.126 e. The number of rotatable bonds is 5. The van der Waals surface area contributed by atoms with Crippen LogP contribution < -0.4 is 15.2 Å². The third kappa shape index (κ3) is 3.73. The molecule has 2 aromatic rings. The Labute approximate surface area is 124 Å². The van der Waals surface area contributed by atoms with Crippen LogP contribution in [0.1, 0.15) is 29.7 Å². The Morgan fingerprint density at radius 3 is 2.43 bits per heavy atom. The maximum absolute atomic E-state index is 13.6. The highest BCUT2D eigenvalue weighted by Gasteiger charge is 2.12. The lowest BCUT2D eigenvalue weighted by Crippen LogP contribution is -2.09. The minimum atomic E-state index is -0.286. The van der Waals surface area contributed by atoms with Gasteiger partial charge in [0.25, 0.3) is 0 Å². The number of hydrogen-bond donors (Lipinski definition) is 1. The molecular weight excluding hydrogens is 269 g/mol. The van der Waals surface area contributed by atoms with Crippen LogP contribution in [0.4, 0.5) is 4.39 Å². The van der Waals surface area contributed by atoms with E-state index < -0.39 is 0 Å². The molecule has 2 rings (SSSR count). The predicted molar refractivity (Wildman–Crippen MR) is 81.1 cm³/mol. The van der Waals surface area contributed by atoms with Crippen molar-refractivity contribution in [1.82, 2.24) is 0 Å². The number of nitrogens with two attached hydrogens (primary N) is 1. The molecule has 112 valence electrons. The fraction of sp³-hybridized carbons (Fsp3) is 0.294. The summed E-state index contributed by atoms with van der Waals surface area (Å²) in [5.74, 6) is 1.16. The van der Waals surface area contributed by atoms with Crippen LogP contribution in [0.2, 0.25) is 0 Å². The van der Waals surface area contributed by atoms with E-state index in [4.69, 9.17) is 15.2 Å². The highest BCUT2D eigenvalue weighted by atomic mass is 19.1. The molecule has 2 N–H and O–H groups in total. The average Bonchev–Trinajstić information content (AvgIpc) is 2.48. The molecule has 0 saturated carbocycles. The minimum absolute atomic E-state index is 0.265. The normalized spacial score (nSPS) is 12.0. The van der Waals surface area contributed by atoms with Gasteiger partial charge in [0.15, 0.2) is 0 Å². The van der Waals surface area contributed by atoms with E-state index in [9.17, 15) is 4.39 Å². The summed E-state index contributed by atoms with van der Waals surface area (Å²) < 4.78 is 24.6. The van der Waals surface area contributed by atoms with E-state index in [0.717, 1.165) is 11.3 Å². The van der Waals surface area contributed by atoms with E-state index in [1.165, 1.54) is 6.07 Å². The molecule has 0 amide bonds. The number of aryl methyl sites for hydroxylation is 1. The van der Waals surface area contributed by atoms with Gasteiger partial charge in [-0.05, 0) is 49.2 Å². The third-order valence-electron chi connectivity index (χ3n) is 3.34. The Balaban J connectivity index is 2.16. The first-order valence-corrected chi connectivity index (χ1v) is 6.82. The van der Waals surface area contributed by atoms with Gasteiger partial charge >= 0.3 is 0 Å². The first-order chi connectivity index (χ1) is 10.0. The summed E-state index contributed by atoms with van der Waals surface area (Å²) in [5, 5.41) is 0. The van der Waals surface area contributed by atoms with Crippen LogP contribution in [-0.4, -0.2) is 7.11 Å². The molecule has 0 aromatic heterocycles. The quantitative estimate of drug-likeness (QED) is 0.912. The zero-order valence-electron chi connectivity index (χ0n) is 12.5. The zero-order chi connectivity index (χ0) is 15.4. The Hall–Kier alpha value is -2.07. The van der Waals surface area contributed by atoms with Gasteiger partial charge in [-0.3, -0.25) is 0 Å². The molecule has 2 aromatic carbocycles. The topological polar surface area (TPSA) is 44.5 Å². The van der Waals surface area contributed by atoms with Crippen LogP contribution in [0.3, 0.4) is 0 Å². The van der Waals surface area contributed by atoms with Gasteiger partial charge in [-0.2, -0.15) is 0 Å². The van der Waals surface area contributed by atoms with Crippen LogP contribution in [0.5, 0.6) is 11.5 Å². The molecule has 1 atom stereocenters. The largest absolute Gasteiger partial charge is 0.497 e. The van der Waals surface area contributed by atoms with Gasteiger partial charge in [-0.15, -0.1) is 0 Å². The number of benzene rings is 2. The number of halogens is 1. The van der Waals surface area contributed by atoms with E-state index in [0.29, 0.717) is 23.5 Å². The maximum Gasteiger partial charge on any atom is 0.126 e. The molecule has 0 heterocycles. The van der Waals surface area contributed by atoms with Crippen molar-refractivity contribution in [3.8, 4) is 11.5 Å². The van der Waals surface area contributed by atoms with Gasteiger partial charge in [-0.25, -0.2) is 4.39 Å². The molecule has 4 heteroatoms. The Morgan fingerprint density at radius 1 is 1.19 bits per heavy atom. The zero-order valence-corrected chi connectivity index (χ0v) is 12.5. The summed E-state index contributed by atoms with van der Waals surface area (Å²) in [4.78, 5) is 0. The molecule has 0 radical (unpaired) electrons. The second-order valence-electron chi connectivity index (χ2n) is 5.06. The van der Waals surface area contributed by atoms with Crippen molar-refractivity contribution in [3.05, 3.63) is 58.9 Å². The van der Waals surface area contributed by atoms with Gasteiger partial charge in [-0.1, -0.05) is 12.1 Å².